The highest BCUT2D eigenvalue weighted by Crippen LogP contribution is 2.26. The minimum Gasteiger partial charge on any atom is -0.496 e. The summed E-state index contributed by atoms with van der Waals surface area (Å²) in [4.78, 5) is 0. The first-order valence-corrected chi connectivity index (χ1v) is 8.20. The van der Waals surface area contributed by atoms with Crippen molar-refractivity contribution in [3.8, 4) is 5.75 Å². The zero-order chi connectivity index (χ0) is 15.1. The second kappa shape index (κ2) is 8.40. The van der Waals surface area contributed by atoms with Crippen molar-refractivity contribution in [2.75, 3.05) is 20.3 Å². The molecule has 0 amide bonds. The summed E-state index contributed by atoms with van der Waals surface area (Å²) in [6.45, 7) is 5.97. The maximum Gasteiger partial charge on any atom is 0.123 e. The molecule has 0 saturated heterocycles. The number of rotatable bonds is 7. The fourth-order valence-electron chi connectivity index (χ4n) is 3.03. The molecule has 1 aliphatic rings. The Morgan fingerprint density at radius 3 is 2.71 bits per heavy atom. The van der Waals surface area contributed by atoms with Gasteiger partial charge in [0.2, 0.25) is 0 Å². The van der Waals surface area contributed by atoms with E-state index in [9.17, 15) is 0 Å². The summed E-state index contributed by atoms with van der Waals surface area (Å²) in [7, 11) is 1.73. The molecule has 118 valence electrons. The number of hydrogen-bond acceptors (Lipinski definition) is 3. The van der Waals surface area contributed by atoms with Gasteiger partial charge in [-0.3, -0.25) is 0 Å². The molecule has 0 radical (unpaired) electrons. The van der Waals surface area contributed by atoms with Crippen molar-refractivity contribution >= 4 is 0 Å². The third-order valence-electron chi connectivity index (χ3n) is 4.31. The van der Waals surface area contributed by atoms with E-state index in [4.69, 9.17) is 9.47 Å². The molecular weight excluding hydrogens is 262 g/mol. The Labute approximate surface area is 129 Å². The van der Waals surface area contributed by atoms with Gasteiger partial charge in [0, 0.05) is 18.2 Å². The monoisotopic (exact) mass is 291 g/mol. The molecule has 0 aromatic heterocycles. The van der Waals surface area contributed by atoms with E-state index in [1.807, 2.05) is 6.07 Å². The van der Waals surface area contributed by atoms with Gasteiger partial charge in [-0.2, -0.15) is 0 Å². The molecule has 1 N–H and O–H groups in total. The van der Waals surface area contributed by atoms with Crippen LogP contribution in [0.3, 0.4) is 0 Å². The molecule has 3 nitrogen and oxygen atoms in total. The number of aryl methyl sites for hydroxylation is 1. The van der Waals surface area contributed by atoms with Crippen LogP contribution in [0.5, 0.6) is 5.75 Å². The van der Waals surface area contributed by atoms with Crippen molar-refractivity contribution < 1.29 is 9.47 Å². The highest BCUT2D eigenvalue weighted by atomic mass is 16.5. The molecule has 2 rings (SSSR count). The number of hydrogen-bond donors (Lipinski definition) is 1. The van der Waals surface area contributed by atoms with Crippen molar-refractivity contribution in [1.82, 2.24) is 5.32 Å². The first kappa shape index (κ1) is 16.3. The predicted molar refractivity (Wildman–Crippen MR) is 87.0 cm³/mol. The summed E-state index contributed by atoms with van der Waals surface area (Å²) in [5.41, 5.74) is 2.48. The maximum atomic E-state index is 5.96. The molecule has 21 heavy (non-hydrogen) atoms. The minimum atomic E-state index is 0.273. The highest BCUT2D eigenvalue weighted by molar-refractivity contribution is 5.38. The second-order valence-electron chi connectivity index (χ2n) is 6.05. The molecule has 1 saturated carbocycles. The van der Waals surface area contributed by atoms with Crippen LogP contribution in [-0.4, -0.2) is 26.4 Å². The molecule has 0 heterocycles. The molecule has 1 unspecified atom stereocenters. The fourth-order valence-corrected chi connectivity index (χ4v) is 3.03. The lowest BCUT2D eigenvalue weighted by molar-refractivity contribution is 0.0295. The first-order valence-electron chi connectivity index (χ1n) is 8.20. The molecule has 0 aliphatic heterocycles. The first-order chi connectivity index (χ1) is 10.2. The summed E-state index contributed by atoms with van der Waals surface area (Å²) in [6, 6.07) is 6.59. The van der Waals surface area contributed by atoms with Gasteiger partial charge in [-0.05, 0) is 32.8 Å². The van der Waals surface area contributed by atoms with Gasteiger partial charge < -0.3 is 14.8 Å². The summed E-state index contributed by atoms with van der Waals surface area (Å²) in [6.07, 6.45) is 7.00. The molecule has 1 aromatic carbocycles. The number of methoxy groups -OCH3 is 1. The summed E-state index contributed by atoms with van der Waals surface area (Å²) in [5.74, 6) is 0.953. The van der Waals surface area contributed by atoms with E-state index in [0.29, 0.717) is 6.10 Å². The zero-order valence-electron chi connectivity index (χ0n) is 13.7. The molecule has 1 fully saturated rings. The van der Waals surface area contributed by atoms with Crippen LogP contribution >= 0.6 is 0 Å². The van der Waals surface area contributed by atoms with E-state index in [1.54, 1.807) is 7.11 Å². The van der Waals surface area contributed by atoms with Gasteiger partial charge in [-0.1, -0.05) is 37.0 Å². The average molecular weight is 291 g/mol. The number of benzene rings is 1. The average Bonchev–Trinajstić information content (AvgIpc) is 2.52. The lowest BCUT2D eigenvalue weighted by atomic mass is 9.98. The molecule has 1 aliphatic carbocycles. The Kier molecular flexibility index (Phi) is 6.52. The van der Waals surface area contributed by atoms with E-state index in [-0.39, 0.29) is 6.04 Å². The van der Waals surface area contributed by atoms with Crippen molar-refractivity contribution in [2.45, 2.75) is 58.1 Å². The van der Waals surface area contributed by atoms with Crippen molar-refractivity contribution in [3.05, 3.63) is 29.3 Å². The normalized spacial score (nSPS) is 17.7. The molecule has 3 heteroatoms. The third-order valence-corrected chi connectivity index (χ3v) is 4.31. The fraction of sp³-hybridized carbons (Fsp3) is 0.667. The van der Waals surface area contributed by atoms with Gasteiger partial charge in [0.05, 0.1) is 19.8 Å². The predicted octanol–water partition coefficient (Wildman–Crippen LogP) is 4.00. The third kappa shape index (κ3) is 5.01. The van der Waals surface area contributed by atoms with Gasteiger partial charge in [0.15, 0.2) is 0 Å². The SMILES string of the molecule is COc1ccc(C)cc1C(C)NCCOC1CCCCC1. The standard InChI is InChI=1S/C18H29NO2/c1-14-9-10-18(20-3)17(13-14)15(2)19-11-12-21-16-7-5-4-6-8-16/h9-10,13,15-16,19H,4-8,11-12H2,1-3H3. The molecule has 0 bridgehead atoms. The topological polar surface area (TPSA) is 30.5 Å². The maximum absolute atomic E-state index is 5.96. The van der Waals surface area contributed by atoms with E-state index >= 15 is 0 Å². The largest absolute Gasteiger partial charge is 0.496 e. The van der Waals surface area contributed by atoms with Crippen LogP contribution in [0.1, 0.15) is 56.2 Å². The van der Waals surface area contributed by atoms with Gasteiger partial charge in [-0.25, -0.2) is 0 Å². The molecule has 1 aromatic rings. The lowest BCUT2D eigenvalue weighted by Crippen LogP contribution is -2.26. The number of nitrogens with one attached hydrogen (secondary N) is 1. The van der Waals surface area contributed by atoms with Gasteiger partial charge in [0.25, 0.3) is 0 Å². The quantitative estimate of drug-likeness (QED) is 0.770. The Hall–Kier alpha value is -1.06. The van der Waals surface area contributed by atoms with Crippen LogP contribution in [0.15, 0.2) is 18.2 Å². The van der Waals surface area contributed by atoms with Crippen LogP contribution in [0.4, 0.5) is 0 Å². The van der Waals surface area contributed by atoms with Crippen molar-refractivity contribution in [3.63, 3.8) is 0 Å². The van der Waals surface area contributed by atoms with Crippen LogP contribution < -0.4 is 10.1 Å². The van der Waals surface area contributed by atoms with Crippen LogP contribution in [-0.2, 0) is 4.74 Å². The summed E-state index contributed by atoms with van der Waals surface area (Å²) >= 11 is 0. The van der Waals surface area contributed by atoms with E-state index < -0.39 is 0 Å². The van der Waals surface area contributed by atoms with Crippen LogP contribution in [0.25, 0.3) is 0 Å². The molecular formula is C18H29NO2. The second-order valence-corrected chi connectivity index (χ2v) is 6.05. The minimum absolute atomic E-state index is 0.273. The summed E-state index contributed by atoms with van der Waals surface area (Å²) in [5, 5.41) is 3.54. The van der Waals surface area contributed by atoms with Gasteiger partial charge >= 0.3 is 0 Å². The van der Waals surface area contributed by atoms with Crippen molar-refractivity contribution in [1.29, 1.82) is 0 Å². The highest BCUT2D eigenvalue weighted by Gasteiger charge is 2.14. The summed E-state index contributed by atoms with van der Waals surface area (Å²) < 4.78 is 11.4. The van der Waals surface area contributed by atoms with E-state index in [0.717, 1.165) is 18.9 Å². The lowest BCUT2D eigenvalue weighted by Gasteiger charge is -2.23. The van der Waals surface area contributed by atoms with Gasteiger partial charge in [0.1, 0.15) is 5.75 Å². The van der Waals surface area contributed by atoms with Crippen LogP contribution in [0, 0.1) is 6.92 Å². The van der Waals surface area contributed by atoms with Gasteiger partial charge in [-0.15, -0.1) is 0 Å². The zero-order valence-corrected chi connectivity index (χ0v) is 13.7. The molecule has 0 spiro atoms. The Morgan fingerprint density at radius 2 is 2.00 bits per heavy atom. The Balaban J connectivity index is 1.76. The van der Waals surface area contributed by atoms with Crippen molar-refractivity contribution in [2.24, 2.45) is 0 Å². The smallest absolute Gasteiger partial charge is 0.123 e. The van der Waals surface area contributed by atoms with E-state index in [1.165, 1.54) is 43.2 Å². The molecule has 1 atom stereocenters. The Morgan fingerprint density at radius 1 is 1.24 bits per heavy atom. The number of ether oxygens (including phenoxy) is 2. The van der Waals surface area contributed by atoms with Crippen LogP contribution in [0.2, 0.25) is 0 Å². The Bertz CT molecular complexity index is 427. The van der Waals surface area contributed by atoms with E-state index in [2.05, 4.69) is 31.3 Å².